The van der Waals surface area contributed by atoms with Crippen molar-refractivity contribution < 1.29 is 4.74 Å². The zero-order valence-electron chi connectivity index (χ0n) is 12.1. The smallest absolute Gasteiger partial charge is 0.128 e. The van der Waals surface area contributed by atoms with E-state index in [-0.39, 0.29) is 0 Å². The number of rotatable bonds is 3. The maximum absolute atomic E-state index is 6.09. The molecule has 0 radical (unpaired) electrons. The predicted molar refractivity (Wildman–Crippen MR) is 96.4 cm³/mol. The lowest BCUT2D eigenvalue weighted by Crippen LogP contribution is -2.17. The highest BCUT2D eigenvalue weighted by atomic mass is 32.4. The Bertz CT molecular complexity index is 827. The zero-order chi connectivity index (χ0) is 14.9. The van der Waals surface area contributed by atoms with E-state index >= 15 is 0 Å². The number of fused-ring (bicyclic) bond motifs is 1. The van der Waals surface area contributed by atoms with Gasteiger partial charge in [-0.3, -0.25) is 0 Å². The Balaban J connectivity index is 2.35. The molecule has 3 aromatic rings. The van der Waals surface area contributed by atoms with Crippen LogP contribution in [0, 0.1) is 0 Å². The van der Waals surface area contributed by atoms with E-state index in [1.54, 1.807) is 7.11 Å². The molecular weight excluding hydrogens is 295 g/mol. The summed E-state index contributed by atoms with van der Waals surface area (Å²) in [6.45, 7) is 2.18. The van der Waals surface area contributed by atoms with Crippen LogP contribution in [-0.4, -0.2) is 13.8 Å². The van der Waals surface area contributed by atoms with E-state index in [0.717, 1.165) is 5.75 Å². The van der Waals surface area contributed by atoms with Gasteiger partial charge in [0.25, 0.3) is 0 Å². The van der Waals surface area contributed by atoms with Gasteiger partial charge in [0.2, 0.25) is 0 Å². The van der Waals surface area contributed by atoms with Gasteiger partial charge in [0, 0.05) is 11.3 Å². The fourth-order valence-electron chi connectivity index (χ4n) is 2.68. The molecule has 0 aliphatic heterocycles. The Morgan fingerprint density at radius 1 is 0.857 bits per heavy atom. The van der Waals surface area contributed by atoms with E-state index in [1.165, 1.54) is 21.4 Å². The van der Waals surface area contributed by atoms with Crippen LogP contribution in [0.5, 0.6) is 5.75 Å². The second kappa shape index (κ2) is 5.63. The van der Waals surface area contributed by atoms with E-state index in [2.05, 4.69) is 61.3 Å². The number of hydrogen-bond acceptors (Lipinski definition) is 2. The molecule has 106 valence electrons. The molecule has 0 N–H and O–H groups in total. The van der Waals surface area contributed by atoms with Crippen LogP contribution in [0.3, 0.4) is 0 Å². The van der Waals surface area contributed by atoms with Crippen LogP contribution in [0.1, 0.15) is 0 Å². The highest BCUT2D eigenvalue weighted by molar-refractivity contribution is 8.21. The fraction of sp³-hybridized carbons (Fsp3) is 0.111. The molecule has 0 fully saturated rings. The van der Waals surface area contributed by atoms with E-state index in [0.29, 0.717) is 0 Å². The van der Waals surface area contributed by atoms with E-state index in [9.17, 15) is 0 Å². The van der Waals surface area contributed by atoms with E-state index < -0.39 is 6.04 Å². The van der Waals surface area contributed by atoms with E-state index in [4.69, 9.17) is 16.5 Å². The first kappa shape index (κ1) is 14.3. The van der Waals surface area contributed by atoms with Crippen LogP contribution in [0.25, 0.3) is 10.8 Å². The van der Waals surface area contributed by atoms with Crippen LogP contribution in [-0.2, 0) is 11.8 Å². The van der Waals surface area contributed by atoms with Crippen LogP contribution in [0.4, 0.5) is 0 Å². The molecule has 0 amide bonds. The standard InChI is InChI=1S/C18H17OPS/c1-19-17-13-12-14-8-6-7-11-16(14)18(17)20(2,21)15-9-4-3-5-10-15/h3-13H,1-2H3. The van der Waals surface area contributed by atoms with Crippen molar-refractivity contribution in [2.75, 3.05) is 13.8 Å². The number of methoxy groups -OCH3 is 1. The molecule has 3 rings (SSSR count). The Morgan fingerprint density at radius 3 is 2.24 bits per heavy atom. The Hall–Kier alpha value is -1.63. The van der Waals surface area contributed by atoms with Crippen molar-refractivity contribution in [3.8, 4) is 5.75 Å². The van der Waals surface area contributed by atoms with Gasteiger partial charge in [0.1, 0.15) is 5.75 Å². The number of ether oxygens (including phenoxy) is 1. The lowest BCUT2D eigenvalue weighted by atomic mass is 10.1. The average molecular weight is 312 g/mol. The summed E-state index contributed by atoms with van der Waals surface area (Å²) in [5, 5.41) is 4.80. The normalized spacial score (nSPS) is 13.8. The van der Waals surface area contributed by atoms with Crippen molar-refractivity contribution in [1.82, 2.24) is 0 Å². The maximum Gasteiger partial charge on any atom is 0.128 e. The molecule has 0 bridgehead atoms. The Morgan fingerprint density at radius 2 is 1.52 bits per heavy atom. The third kappa shape index (κ3) is 2.50. The zero-order valence-corrected chi connectivity index (χ0v) is 13.8. The predicted octanol–water partition coefficient (Wildman–Crippen LogP) is 3.91. The van der Waals surface area contributed by atoms with Crippen LogP contribution >= 0.6 is 6.04 Å². The summed E-state index contributed by atoms with van der Waals surface area (Å²) >= 11 is 6.09. The van der Waals surface area contributed by atoms with Crippen LogP contribution in [0.2, 0.25) is 0 Å². The lowest BCUT2D eigenvalue weighted by Gasteiger charge is -2.22. The molecule has 0 aliphatic carbocycles. The summed E-state index contributed by atoms with van der Waals surface area (Å²) < 4.78 is 5.62. The highest BCUT2D eigenvalue weighted by Gasteiger charge is 2.23. The second-order valence-electron chi connectivity index (χ2n) is 5.10. The molecule has 0 saturated carbocycles. The molecular formula is C18H17OPS. The maximum atomic E-state index is 6.09. The molecule has 0 aliphatic rings. The van der Waals surface area contributed by atoms with Gasteiger partial charge in [-0.15, -0.1) is 0 Å². The van der Waals surface area contributed by atoms with Crippen molar-refractivity contribution in [3.05, 3.63) is 66.7 Å². The molecule has 0 heterocycles. The number of hydrogen-bond donors (Lipinski definition) is 0. The molecule has 0 spiro atoms. The SMILES string of the molecule is COc1ccc2ccccc2c1P(C)(=S)c1ccccc1. The molecule has 3 heteroatoms. The van der Waals surface area contributed by atoms with Crippen molar-refractivity contribution in [3.63, 3.8) is 0 Å². The van der Waals surface area contributed by atoms with Gasteiger partial charge in [-0.1, -0.05) is 72.5 Å². The minimum Gasteiger partial charge on any atom is -0.496 e. The van der Waals surface area contributed by atoms with Crippen LogP contribution < -0.4 is 15.3 Å². The molecule has 0 saturated heterocycles. The first-order valence-corrected chi connectivity index (χ1v) is 10.1. The molecule has 1 unspecified atom stereocenters. The molecule has 1 nitrogen and oxygen atoms in total. The van der Waals surface area contributed by atoms with Gasteiger partial charge < -0.3 is 4.74 Å². The molecule has 3 aromatic carbocycles. The monoisotopic (exact) mass is 312 g/mol. The first-order chi connectivity index (χ1) is 10.1. The summed E-state index contributed by atoms with van der Waals surface area (Å²) in [6.07, 6.45) is 0. The third-order valence-electron chi connectivity index (χ3n) is 3.76. The molecule has 21 heavy (non-hydrogen) atoms. The Labute approximate surface area is 130 Å². The fourth-order valence-corrected chi connectivity index (χ4v) is 5.86. The minimum atomic E-state index is -1.89. The summed E-state index contributed by atoms with van der Waals surface area (Å²) in [4.78, 5) is 0. The van der Waals surface area contributed by atoms with Gasteiger partial charge >= 0.3 is 0 Å². The van der Waals surface area contributed by atoms with Gasteiger partial charge in [-0.25, -0.2) is 0 Å². The third-order valence-corrected chi connectivity index (χ3v) is 7.54. The van der Waals surface area contributed by atoms with Crippen molar-refractivity contribution in [2.24, 2.45) is 0 Å². The van der Waals surface area contributed by atoms with Gasteiger partial charge in [-0.05, 0) is 28.8 Å². The largest absolute Gasteiger partial charge is 0.496 e. The Kier molecular flexibility index (Phi) is 3.84. The quantitative estimate of drug-likeness (QED) is 0.678. The van der Waals surface area contributed by atoms with Crippen molar-refractivity contribution >= 4 is 39.2 Å². The van der Waals surface area contributed by atoms with Crippen LogP contribution in [0.15, 0.2) is 66.7 Å². The highest BCUT2D eigenvalue weighted by Crippen LogP contribution is 2.44. The average Bonchev–Trinajstić information content (AvgIpc) is 2.54. The first-order valence-electron chi connectivity index (χ1n) is 6.84. The lowest BCUT2D eigenvalue weighted by molar-refractivity contribution is 0.419. The topological polar surface area (TPSA) is 9.23 Å². The van der Waals surface area contributed by atoms with Crippen molar-refractivity contribution in [2.45, 2.75) is 0 Å². The van der Waals surface area contributed by atoms with E-state index in [1.807, 2.05) is 12.1 Å². The summed E-state index contributed by atoms with van der Waals surface area (Å²) in [7, 11) is 1.72. The minimum absolute atomic E-state index is 0.892. The van der Waals surface area contributed by atoms with Gasteiger partial charge in [0.05, 0.1) is 7.11 Å². The summed E-state index contributed by atoms with van der Waals surface area (Å²) in [5.41, 5.74) is 0. The summed E-state index contributed by atoms with van der Waals surface area (Å²) in [5.74, 6) is 0.892. The van der Waals surface area contributed by atoms with Gasteiger partial charge in [-0.2, -0.15) is 0 Å². The van der Waals surface area contributed by atoms with Gasteiger partial charge in [0.15, 0.2) is 0 Å². The molecule has 1 atom stereocenters. The molecule has 0 aromatic heterocycles. The number of benzene rings is 3. The summed E-state index contributed by atoms with van der Waals surface area (Å²) in [6, 6.07) is 21.0. The second-order valence-corrected chi connectivity index (χ2v) is 10.1. The van der Waals surface area contributed by atoms with Crippen molar-refractivity contribution in [1.29, 1.82) is 0 Å².